The number of hydrogen-bond acceptors (Lipinski definition) is 3. The number of sulfonamides is 1. The van der Waals surface area contributed by atoms with Crippen LogP contribution in [0.15, 0.2) is 23.1 Å². The maximum absolute atomic E-state index is 13.3. The lowest BCUT2D eigenvalue weighted by molar-refractivity contribution is 0.379. The fraction of sp³-hybridized carbons (Fsp3) is 0.500. The predicted molar refractivity (Wildman–Crippen MR) is 79.5 cm³/mol. The Labute approximate surface area is 129 Å². The largest absolute Gasteiger partial charge is 0.318 e. The van der Waals surface area contributed by atoms with Crippen LogP contribution < -0.4 is 5.32 Å². The van der Waals surface area contributed by atoms with Gasteiger partial charge in [-0.2, -0.15) is 4.31 Å². The molecule has 1 saturated heterocycles. The van der Waals surface area contributed by atoms with E-state index >= 15 is 0 Å². The van der Waals surface area contributed by atoms with Crippen LogP contribution in [0, 0.1) is 5.82 Å². The minimum atomic E-state index is -3.74. The third-order valence-electron chi connectivity index (χ3n) is 3.24. The highest BCUT2D eigenvalue weighted by atomic mass is 35.5. The summed E-state index contributed by atoms with van der Waals surface area (Å²) in [5, 5.41) is 3.03. The number of rotatable bonds is 4. The SMILES string of the molecule is CNCC1CCCN1S(=O)(=O)c1cc(F)ccc1Cl.Cl. The van der Waals surface area contributed by atoms with E-state index in [-0.39, 0.29) is 28.4 Å². The van der Waals surface area contributed by atoms with Gasteiger partial charge in [-0.1, -0.05) is 11.6 Å². The molecule has 0 aromatic heterocycles. The van der Waals surface area contributed by atoms with Crippen LogP contribution in [-0.2, 0) is 10.0 Å². The van der Waals surface area contributed by atoms with E-state index in [0.717, 1.165) is 25.0 Å². The molecular formula is C12H17Cl2FN2O2S. The van der Waals surface area contributed by atoms with Gasteiger partial charge in [-0.25, -0.2) is 12.8 Å². The Morgan fingerprint density at radius 2 is 2.20 bits per heavy atom. The van der Waals surface area contributed by atoms with E-state index in [4.69, 9.17) is 11.6 Å². The standard InChI is InChI=1S/C12H16ClFN2O2S.ClH/c1-15-8-10-3-2-6-16(10)19(17,18)12-7-9(14)4-5-11(12)13;/h4-5,7,10,15H,2-3,6,8H2,1H3;1H. The fourth-order valence-electron chi connectivity index (χ4n) is 2.37. The van der Waals surface area contributed by atoms with Gasteiger partial charge in [0, 0.05) is 19.1 Å². The van der Waals surface area contributed by atoms with Gasteiger partial charge in [-0.15, -0.1) is 12.4 Å². The van der Waals surface area contributed by atoms with E-state index < -0.39 is 15.8 Å². The van der Waals surface area contributed by atoms with Crippen molar-refractivity contribution in [3.8, 4) is 0 Å². The molecule has 1 aromatic carbocycles. The lowest BCUT2D eigenvalue weighted by Crippen LogP contribution is -2.40. The minimum Gasteiger partial charge on any atom is -0.318 e. The molecule has 1 atom stereocenters. The first-order valence-corrected chi connectivity index (χ1v) is 7.90. The van der Waals surface area contributed by atoms with Gasteiger partial charge in [0.1, 0.15) is 10.7 Å². The summed E-state index contributed by atoms with van der Waals surface area (Å²) in [6.07, 6.45) is 1.60. The highest BCUT2D eigenvalue weighted by Gasteiger charge is 2.36. The minimum absolute atomic E-state index is 0. The third kappa shape index (κ3) is 3.43. The zero-order chi connectivity index (χ0) is 14.0. The first kappa shape index (κ1) is 17.7. The maximum atomic E-state index is 13.3. The number of likely N-dealkylation sites (N-methyl/N-ethyl adjacent to an activating group) is 1. The molecule has 1 aliphatic heterocycles. The molecule has 1 fully saturated rings. The second-order valence-electron chi connectivity index (χ2n) is 4.54. The molecule has 1 heterocycles. The van der Waals surface area contributed by atoms with Gasteiger partial charge in [0.25, 0.3) is 0 Å². The first-order valence-electron chi connectivity index (χ1n) is 6.08. The van der Waals surface area contributed by atoms with Crippen molar-refractivity contribution in [3.63, 3.8) is 0 Å². The van der Waals surface area contributed by atoms with Gasteiger partial charge in [-0.3, -0.25) is 0 Å². The zero-order valence-electron chi connectivity index (χ0n) is 11.0. The normalized spacial score (nSPS) is 19.9. The Morgan fingerprint density at radius 1 is 1.50 bits per heavy atom. The number of hydrogen-bond donors (Lipinski definition) is 1. The van der Waals surface area contributed by atoms with Crippen molar-refractivity contribution in [2.24, 2.45) is 0 Å². The van der Waals surface area contributed by atoms with E-state index in [1.54, 1.807) is 7.05 Å². The number of benzene rings is 1. The quantitative estimate of drug-likeness (QED) is 0.913. The van der Waals surface area contributed by atoms with Crippen molar-refractivity contribution in [2.45, 2.75) is 23.8 Å². The predicted octanol–water partition coefficient (Wildman–Crippen LogP) is 2.27. The van der Waals surface area contributed by atoms with Crippen molar-refractivity contribution >= 4 is 34.0 Å². The molecule has 0 bridgehead atoms. The Kier molecular flexibility index (Phi) is 6.22. The summed E-state index contributed by atoms with van der Waals surface area (Å²) in [5.41, 5.74) is 0. The summed E-state index contributed by atoms with van der Waals surface area (Å²) in [4.78, 5) is -0.155. The van der Waals surface area contributed by atoms with Gasteiger partial charge in [0.05, 0.1) is 5.02 Å². The summed E-state index contributed by atoms with van der Waals surface area (Å²) in [6, 6.07) is 3.30. The van der Waals surface area contributed by atoms with Crippen molar-refractivity contribution in [1.82, 2.24) is 9.62 Å². The van der Waals surface area contributed by atoms with E-state index in [0.29, 0.717) is 13.1 Å². The lowest BCUT2D eigenvalue weighted by Gasteiger charge is -2.24. The van der Waals surface area contributed by atoms with Gasteiger partial charge < -0.3 is 5.32 Å². The fourth-order valence-corrected chi connectivity index (χ4v) is 4.55. The summed E-state index contributed by atoms with van der Waals surface area (Å²) >= 11 is 5.90. The molecule has 4 nitrogen and oxygen atoms in total. The Bertz CT molecular complexity index is 569. The molecule has 0 saturated carbocycles. The van der Waals surface area contributed by atoms with Crippen LogP contribution in [0.3, 0.4) is 0 Å². The number of nitrogens with zero attached hydrogens (tertiary/aromatic N) is 1. The van der Waals surface area contributed by atoms with Crippen LogP contribution in [-0.4, -0.2) is 38.9 Å². The Morgan fingerprint density at radius 3 is 2.85 bits per heavy atom. The molecule has 8 heteroatoms. The molecular weight excluding hydrogens is 326 g/mol. The zero-order valence-corrected chi connectivity index (χ0v) is 13.4. The molecule has 1 unspecified atom stereocenters. The second kappa shape index (κ2) is 7.04. The summed E-state index contributed by atoms with van der Waals surface area (Å²) in [7, 11) is -1.97. The van der Waals surface area contributed by atoms with Gasteiger partial charge >= 0.3 is 0 Å². The van der Waals surface area contributed by atoms with Crippen LogP contribution in [0.25, 0.3) is 0 Å². The molecule has 1 aromatic rings. The molecule has 0 radical (unpaired) electrons. The molecule has 114 valence electrons. The summed E-state index contributed by atoms with van der Waals surface area (Å²) < 4.78 is 39.7. The van der Waals surface area contributed by atoms with Crippen molar-refractivity contribution in [1.29, 1.82) is 0 Å². The average molecular weight is 343 g/mol. The van der Waals surface area contributed by atoms with E-state index in [2.05, 4.69) is 5.32 Å². The third-order valence-corrected chi connectivity index (χ3v) is 5.68. The molecule has 2 rings (SSSR count). The molecule has 0 amide bonds. The monoisotopic (exact) mass is 342 g/mol. The summed E-state index contributed by atoms with van der Waals surface area (Å²) in [6.45, 7) is 1.02. The van der Waals surface area contributed by atoms with Gasteiger partial charge in [0.15, 0.2) is 0 Å². The maximum Gasteiger partial charge on any atom is 0.244 e. The molecule has 1 N–H and O–H groups in total. The molecule has 0 spiro atoms. The van der Waals surface area contributed by atoms with Crippen LogP contribution in [0.2, 0.25) is 5.02 Å². The van der Waals surface area contributed by atoms with Gasteiger partial charge in [0.2, 0.25) is 10.0 Å². The van der Waals surface area contributed by atoms with E-state index in [1.165, 1.54) is 10.4 Å². The first-order chi connectivity index (χ1) is 8.96. The van der Waals surface area contributed by atoms with Crippen LogP contribution in [0.5, 0.6) is 0 Å². The highest BCUT2D eigenvalue weighted by Crippen LogP contribution is 2.30. The average Bonchev–Trinajstić information content (AvgIpc) is 2.81. The molecule has 0 aliphatic carbocycles. The van der Waals surface area contributed by atoms with E-state index in [1.807, 2.05) is 0 Å². The second-order valence-corrected chi connectivity index (χ2v) is 6.81. The molecule has 20 heavy (non-hydrogen) atoms. The van der Waals surface area contributed by atoms with Crippen LogP contribution in [0.4, 0.5) is 4.39 Å². The topological polar surface area (TPSA) is 49.4 Å². The van der Waals surface area contributed by atoms with Gasteiger partial charge in [-0.05, 0) is 38.1 Å². The van der Waals surface area contributed by atoms with Crippen molar-refractivity contribution in [2.75, 3.05) is 20.1 Å². The van der Waals surface area contributed by atoms with E-state index in [9.17, 15) is 12.8 Å². The van der Waals surface area contributed by atoms with Crippen LogP contribution >= 0.6 is 24.0 Å². The Balaban J connectivity index is 0.00000200. The lowest BCUT2D eigenvalue weighted by atomic mass is 10.2. The van der Waals surface area contributed by atoms with Crippen molar-refractivity contribution < 1.29 is 12.8 Å². The molecule has 1 aliphatic rings. The summed E-state index contributed by atoms with van der Waals surface area (Å²) in [5.74, 6) is -0.604. The smallest absolute Gasteiger partial charge is 0.244 e. The number of halogens is 3. The van der Waals surface area contributed by atoms with Crippen LogP contribution in [0.1, 0.15) is 12.8 Å². The highest BCUT2D eigenvalue weighted by molar-refractivity contribution is 7.89. The van der Waals surface area contributed by atoms with Crippen molar-refractivity contribution in [3.05, 3.63) is 29.0 Å². The Hall–Kier alpha value is -0.400. The number of nitrogens with one attached hydrogen (secondary N) is 1.